The molecule has 2 rings (SSSR count). The smallest absolute Gasteiger partial charge is 0.329 e. The van der Waals surface area contributed by atoms with E-state index in [1.807, 2.05) is 0 Å². The van der Waals surface area contributed by atoms with E-state index >= 15 is 0 Å². The van der Waals surface area contributed by atoms with Crippen molar-refractivity contribution in [3.8, 4) is 0 Å². The van der Waals surface area contributed by atoms with Gasteiger partial charge in [0.2, 0.25) is 0 Å². The number of carbonyl (C=O) groups is 4. The molecule has 20 heavy (non-hydrogen) atoms. The topological polar surface area (TPSA) is 127 Å². The van der Waals surface area contributed by atoms with E-state index in [0.717, 1.165) is 0 Å². The summed E-state index contributed by atoms with van der Waals surface area (Å²) in [4.78, 5) is 46.4. The van der Waals surface area contributed by atoms with Crippen LogP contribution < -0.4 is 5.73 Å². The number of ether oxygens (including phenoxy) is 1. The van der Waals surface area contributed by atoms with Crippen molar-refractivity contribution in [3.63, 3.8) is 0 Å². The first-order valence-electron chi connectivity index (χ1n) is 5.53. The van der Waals surface area contributed by atoms with Crippen molar-refractivity contribution in [2.24, 2.45) is 0 Å². The number of benzene rings is 1. The van der Waals surface area contributed by atoms with Gasteiger partial charge in [-0.25, -0.2) is 9.69 Å². The van der Waals surface area contributed by atoms with Gasteiger partial charge >= 0.3 is 5.97 Å². The van der Waals surface area contributed by atoms with Crippen LogP contribution in [0, 0.1) is 0 Å². The highest BCUT2D eigenvalue weighted by atomic mass is 16.5. The Morgan fingerprint density at radius 2 is 1.90 bits per heavy atom. The number of imide groups is 3. The molecule has 0 fully saturated rings. The number of carboxylic acid groups (broad SMARTS) is 1. The van der Waals surface area contributed by atoms with E-state index in [9.17, 15) is 19.2 Å². The molecule has 3 N–H and O–H groups in total. The second kappa shape index (κ2) is 5.10. The van der Waals surface area contributed by atoms with E-state index in [0.29, 0.717) is 4.90 Å². The summed E-state index contributed by atoms with van der Waals surface area (Å²) < 4.78 is 4.57. The van der Waals surface area contributed by atoms with Crippen LogP contribution in [0.5, 0.6) is 0 Å². The summed E-state index contributed by atoms with van der Waals surface area (Å²) in [6, 6.07) is 4.32. The lowest BCUT2D eigenvalue weighted by Crippen LogP contribution is -2.39. The van der Waals surface area contributed by atoms with Crippen LogP contribution in [0.2, 0.25) is 0 Å². The Balaban J connectivity index is 2.18. The van der Waals surface area contributed by atoms with Gasteiger partial charge in [0.05, 0.1) is 11.1 Å². The molecule has 1 aromatic carbocycles. The quantitative estimate of drug-likeness (QED) is 0.561. The number of nitrogens with two attached hydrogens (primary N) is 1. The SMILES string of the molecule is Nc1cccc2c1C(=O)N(C(=O)COCC(=O)O)C2=O. The first kappa shape index (κ1) is 13.7. The number of carbonyl (C=O) groups excluding carboxylic acids is 3. The molecule has 1 aliphatic rings. The van der Waals surface area contributed by atoms with Gasteiger partial charge < -0.3 is 15.6 Å². The fraction of sp³-hybridized carbons (Fsp3) is 0.167. The fourth-order valence-electron chi connectivity index (χ4n) is 1.83. The molecule has 0 aromatic heterocycles. The largest absolute Gasteiger partial charge is 0.480 e. The highest BCUT2D eigenvalue weighted by molar-refractivity contribution is 6.30. The van der Waals surface area contributed by atoms with Gasteiger partial charge in [0.25, 0.3) is 17.7 Å². The minimum atomic E-state index is -1.26. The average Bonchev–Trinajstić information content (AvgIpc) is 2.62. The number of rotatable bonds is 4. The third-order valence-corrected chi connectivity index (χ3v) is 2.65. The third-order valence-electron chi connectivity index (χ3n) is 2.65. The van der Waals surface area contributed by atoms with Crippen molar-refractivity contribution in [2.75, 3.05) is 18.9 Å². The zero-order valence-corrected chi connectivity index (χ0v) is 10.2. The van der Waals surface area contributed by atoms with Crippen LogP contribution in [-0.2, 0) is 14.3 Å². The van der Waals surface area contributed by atoms with Gasteiger partial charge in [0.15, 0.2) is 0 Å². The van der Waals surface area contributed by atoms with Gasteiger partial charge in [0.1, 0.15) is 13.2 Å². The molecule has 3 amide bonds. The summed E-state index contributed by atoms with van der Waals surface area (Å²) in [5, 5.41) is 8.37. The van der Waals surface area contributed by atoms with Gasteiger partial charge in [-0.05, 0) is 12.1 Å². The number of fused-ring (bicyclic) bond motifs is 1. The fourth-order valence-corrected chi connectivity index (χ4v) is 1.83. The lowest BCUT2D eigenvalue weighted by molar-refractivity contribution is -0.144. The summed E-state index contributed by atoms with van der Waals surface area (Å²) >= 11 is 0. The number of nitrogen functional groups attached to an aromatic ring is 1. The van der Waals surface area contributed by atoms with Gasteiger partial charge in [-0.15, -0.1) is 0 Å². The molecule has 1 aromatic rings. The van der Waals surface area contributed by atoms with E-state index in [1.54, 1.807) is 0 Å². The lowest BCUT2D eigenvalue weighted by Gasteiger charge is -2.11. The maximum absolute atomic E-state index is 12.0. The highest BCUT2D eigenvalue weighted by Gasteiger charge is 2.40. The molecule has 0 saturated carbocycles. The maximum Gasteiger partial charge on any atom is 0.329 e. The number of carboxylic acids is 1. The Morgan fingerprint density at radius 3 is 2.50 bits per heavy atom. The van der Waals surface area contributed by atoms with Crippen LogP contribution in [0.4, 0.5) is 5.69 Å². The molecule has 104 valence electrons. The molecular weight excluding hydrogens is 268 g/mol. The van der Waals surface area contributed by atoms with Crippen molar-refractivity contribution in [1.29, 1.82) is 0 Å². The maximum atomic E-state index is 12.0. The summed E-state index contributed by atoms with van der Waals surface area (Å²) in [7, 11) is 0. The Bertz CT molecular complexity index is 624. The lowest BCUT2D eigenvalue weighted by atomic mass is 10.1. The number of anilines is 1. The zero-order valence-electron chi connectivity index (χ0n) is 10.2. The van der Waals surface area contributed by atoms with Crippen LogP contribution in [0.15, 0.2) is 18.2 Å². The Hall–Kier alpha value is -2.74. The molecular formula is C12H10N2O6. The standard InChI is InChI=1S/C12H10N2O6/c13-7-3-1-2-6-10(7)12(19)14(11(6)18)8(15)4-20-5-9(16)17/h1-3H,4-5,13H2,(H,16,17). The van der Waals surface area contributed by atoms with Crippen molar-refractivity contribution in [3.05, 3.63) is 29.3 Å². The Morgan fingerprint density at radius 1 is 1.20 bits per heavy atom. The van der Waals surface area contributed by atoms with Crippen molar-refractivity contribution >= 4 is 29.4 Å². The second-order valence-corrected chi connectivity index (χ2v) is 4.00. The molecule has 0 spiro atoms. The summed E-state index contributed by atoms with van der Waals surface area (Å²) in [5.74, 6) is -3.81. The molecule has 0 atom stereocenters. The molecule has 1 heterocycles. The molecule has 8 nitrogen and oxygen atoms in total. The minimum absolute atomic E-state index is 0.0240. The normalized spacial score (nSPS) is 13.5. The molecule has 0 bridgehead atoms. The van der Waals surface area contributed by atoms with Gasteiger partial charge in [-0.1, -0.05) is 6.07 Å². The summed E-state index contributed by atoms with van der Waals surface area (Å²) in [6.45, 7) is -1.38. The second-order valence-electron chi connectivity index (χ2n) is 4.00. The van der Waals surface area contributed by atoms with Gasteiger partial charge in [-0.3, -0.25) is 14.4 Å². The van der Waals surface area contributed by atoms with E-state index < -0.39 is 36.9 Å². The summed E-state index contributed by atoms with van der Waals surface area (Å²) in [5.41, 5.74) is 5.73. The van der Waals surface area contributed by atoms with Crippen LogP contribution in [0.25, 0.3) is 0 Å². The molecule has 0 saturated heterocycles. The van der Waals surface area contributed by atoms with E-state index in [1.165, 1.54) is 18.2 Å². The Kier molecular flexibility index (Phi) is 3.49. The molecule has 1 aliphatic heterocycles. The van der Waals surface area contributed by atoms with Crippen LogP contribution in [0.3, 0.4) is 0 Å². The average molecular weight is 278 g/mol. The summed E-state index contributed by atoms with van der Waals surface area (Å²) in [6.07, 6.45) is 0. The molecule has 0 unspecified atom stereocenters. The van der Waals surface area contributed by atoms with Crippen molar-refractivity contribution in [2.45, 2.75) is 0 Å². The van der Waals surface area contributed by atoms with Crippen LogP contribution in [-0.4, -0.2) is 46.9 Å². The first-order valence-corrected chi connectivity index (χ1v) is 5.53. The number of hydrogen-bond donors (Lipinski definition) is 2. The zero-order chi connectivity index (χ0) is 14.9. The molecule has 0 radical (unpaired) electrons. The third kappa shape index (κ3) is 2.24. The Labute approximate surface area is 112 Å². The van der Waals surface area contributed by atoms with E-state index in [4.69, 9.17) is 10.8 Å². The monoisotopic (exact) mass is 278 g/mol. The van der Waals surface area contributed by atoms with E-state index in [-0.39, 0.29) is 16.8 Å². The van der Waals surface area contributed by atoms with Crippen LogP contribution in [0.1, 0.15) is 20.7 Å². The predicted molar refractivity (Wildman–Crippen MR) is 64.8 cm³/mol. The number of amides is 3. The first-order chi connectivity index (χ1) is 9.43. The van der Waals surface area contributed by atoms with E-state index in [2.05, 4.69) is 4.74 Å². The molecule has 8 heteroatoms. The van der Waals surface area contributed by atoms with Crippen molar-refractivity contribution in [1.82, 2.24) is 4.90 Å². The minimum Gasteiger partial charge on any atom is -0.480 e. The van der Waals surface area contributed by atoms with Gasteiger partial charge in [0, 0.05) is 5.69 Å². The van der Waals surface area contributed by atoms with Crippen LogP contribution >= 0.6 is 0 Å². The van der Waals surface area contributed by atoms with Crippen molar-refractivity contribution < 1.29 is 29.0 Å². The van der Waals surface area contributed by atoms with Gasteiger partial charge in [-0.2, -0.15) is 0 Å². The number of aliphatic carboxylic acids is 1. The predicted octanol–water partition coefficient (Wildman–Crippen LogP) is -0.507. The molecule has 0 aliphatic carbocycles. The number of nitrogens with zero attached hydrogens (tertiary/aromatic N) is 1. The number of hydrogen-bond acceptors (Lipinski definition) is 6. The highest BCUT2D eigenvalue weighted by Crippen LogP contribution is 2.27.